The fourth-order valence-corrected chi connectivity index (χ4v) is 6.86. The number of benzene rings is 4. The molecule has 0 saturated carbocycles. The average Bonchev–Trinajstić information content (AvgIpc) is 3.09. The molecule has 0 fully saturated rings. The predicted molar refractivity (Wildman–Crippen MR) is 190 cm³/mol. The van der Waals surface area contributed by atoms with E-state index in [2.05, 4.69) is 5.32 Å². The monoisotopic (exact) mass is 726 g/mol. The van der Waals surface area contributed by atoms with Gasteiger partial charge < -0.3 is 15.0 Å². The van der Waals surface area contributed by atoms with Crippen molar-refractivity contribution in [3.8, 4) is 5.75 Å². The number of methoxy groups -OCH3 is 1. The Balaban J connectivity index is 1.85. The summed E-state index contributed by atoms with van der Waals surface area (Å²) in [5, 5.41) is 15.1. The first kappa shape index (κ1) is 37.2. The van der Waals surface area contributed by atoms with Gasteiger partial charge in [0.05, 0.1) is 32.7 Å². The number of nitro benzene ring substituents is 1. The summed E-state index contributed by atoms with van der Waals surface area (Å²) >= 11 is 12.5. The lowest BCUT2D eigenvalue weighted by Gasteiger charge is -2.34. The Kier molecular flexibility index (Phi) is 12.6. The SMILES string of the molecule is CCCNC(=O)C(Cc1ccccc1)N(Cc1ccc(Cl)c(Cl)c1)C(=O)CN(c1ccc(OC)cc1)S(=O)(=O)c1ccc(C)c([N+](=O)[O-])c1. The van der Waals surface area contributed by atoms with E-state index in [0.717, 1.165) is 15.9 Å². The minimum Gasteiger partial charge on any atom is -0.497 e. The van der Waals surface area contributed by atoms with Gasteiger partial charge in [0.2, 0.25) is 11.8 Å². The number of sulfonamides is 1. The van der Waals surface area contributed by atoms with Gasteiger partial charge in [0, 0.05) is 31.1 Å². The zero-order valence-electron chi connectivity index (χ0n) is 27.1. The number of ether oxygens (including phenoxy) is 1. The van der Waals surface area contributed by atoms with Crippen molar-refractivity contribution in [2.75, 3.05) is 24.5 Å². The molecule has 0 heterocycles. The second-order valence-corrected chi connectivity index (χ2v) is 13.9. The maximum absolute atomic E-state index is 14.6. The van der Waals surface area contributed by atoms with Crippen molar-refractivity contribution in [3.63, 3.8) is 0 Å². The third-order valence-corrected chi connectivity index (χ3v) is 10.3. The summed E-state index contributed by atoms with van der Waals surface area (Å²) in [7, 11) is -3.12. The number of hydrogen-bond acceptors (Lipinski definition) is 7. The Hall–Kier alpha value is -4.65. The molecule has 4 aromatic carbocycles. The van der Waals surface area contributed by atoms with Gasteiger partial charge >= 0.3 is 0 Å². The Morgan fingerprint density at radius 3 is 2.24 bits per heavy atom. The maximum atomic E-state index is 14.6. The van der Waals surface area contributed by atoms with Gasteiger partial charge in [-0.05, 0) is 66.9 Å². The summed E-state index contributed by atoms with van der Waals surface area (Å²) in [5.41, 5.74) is 1.31. The number of aryl methyl sites for hydroxylation is 1. The van der Waals surface area contributed by atoms with E-state index in [1.807, 2.05) is 37.3 Å². The van der Waals surface area contributed by atoms with Crippen LogP contribution in [0.5, 0.6) is 5.75 Å². The fourth-order valence-electron chi connectivity index (χ4n) is 5.11. The first-order valence-corrected chi connectivity index (χ1v) is 17.5. The Labute approximate surface area is 295 Å². The molecule has 1 atom stereocenters. The summed E-state index contributed by atoms with van der Waals surface area (Å²) in [4.78, 5) is 40.3. The summed E-state index contributed by atoms with van der Waals surface area (Å²) in [5.74, 6) is -0.693. The van der Waals surface area contributed by atoms with E-state index >= 15 is 0 Å². The molecule has 1 unspecified atom stereocenters. The number of nitrogens with one attached hydrogen (secondary N) is 1. The van der Waals surface area contributed by atoms with Gasteiger partial charge in [0.15, 0.2) is 0 Å². The van der Waals surface area contributed by atoms with Crippen molar-refractivity contribution in [1.82, 2.24) is 10.2 Å². The van der Waals surface area contributed by atoms with Crippen LogP contribution in [0.4, 0.5) is 11.4 Å². The largest absolute Gasteiger partial charge is 0.497 e. The molecule has 0 aromatic heterocycles. The highest BCUT2D eigenvalue weighted by Gasteiger charge is 2.35. The van der Waals surface area contributed by atoms with E-state index in [1.165, 1.54) is 55.3 Å². The molecule has 14 heteroatoms. The van der Waals surface area contributed by atoms with Crippen molar-refractivity contribution >= 4 is 56.4 Å². The van der Waals surface area contributed by atoms with Crippen LogP contribution in [-0.2, 0) is 32.6 Å². The molecule has 4 aromatic rings. The van der Waals surface area contributed by atoms with E-state index < -0.39 is 39.3 Å². The number of anilines is 1. The van der Waals surface area contributed by atoms with E-state index in [9.17, 15) is 28.1 Å². The molecule has 11 nitrogen and oxygen atoms in total. The molecule has 49 heavy (non-hydrogen) atoms. The van der Waals surface area contributed by atoms with Crippen LogP contribution >= 0.6 is 23.2 Å². The highest BCUT2D eigenvalue weighted by Crippen LogP contribution is 2.30. The van der Waals surface area contributed by atoms with Gasteiger partial charge in [-0.2, -0.15) is 0 Å². The van der Waals surface area contributed by atoms with Crippen molar-refractivity contribution in [1.29, 1.82) is 0 Å². The van der Waals surface area contributed by atoms with Crippen LogP contribution < -0.4 is 14.4 Å². The van der Waals surface area contributed by atoms with Gasteiger partial charge in [0.25, 0.3) is 15.7 Å². The van der Waals surface area contributed by atoms with Crippen molar-refractivity contribution < 1.29 is 27.7 Å². The first-order valence-electron chi connectivity index (χ1n) is 15.3. The zero-order chi connectivity index (χ0) is 35.7. The minimum atomic E-state index is -4.58. The minimum absolute atomic E-state index is 0.0990. The molecule has 0 spiro atoms. The number of carbonyl (C=O) groups is 2. The normalized spacial score (nSPS) is 11.8. The van der Waals surface area contributed by atoms with E-state index in [1.54, 1.807) is 18.2 Å². The van der Waals surface area contributed by atoms with Crippen molar-refractivity contribution in [2.45, 2.75) is 44.2 Å². The number of amides is 2. The van der Waals surface area contributed by atoms with Gasteiger partial charge in [0.1, 0.15) is 18.3 Å². The molecule has 0 aliphatic carbocycles. The summed E-state index contributed by atoms with van der Waals surface area (Å²) in [6, 6.07) is 22.5. The zero-order valence-corrected chi connectivity index (χ0v) is 29.5. The molecule has 0 aliphatic heterocycles. The summed E-state index contributed by atoms with van der Waals surface area (Å²) < 4.78 is 34.7. The fraction of sp³-hybridized carbons (Fsp3) is 0.257. The molecule has 0 aliphatic rings. The number of nitro groups is 1. The van der Waals surface area contributed by atoms with Gasteiger partial charge in [-0.3, -0.25) is 24.0 Å². The maximum Gasteiger partial charge on any atom is 0.273 e. The van der Waals surface area contributed by atoms with Crippen LogP contribution in [-0.4, -0.2) is 56.3 Å². The van der Waals surface area contributed by atoms with E-state index in [4.69, 9.17) is 27.9 Å². The molecular formula is C35H36Cl2N4O7S. The quantitative estimate of drug-likeness (QED) is 0.108. The lowest BCUT2D eigenvalue weighted by molar-refractivity contribution is -0.385. The van der Waals surface area contributed by atoms with E-state index in [0.29, 0.717) is 29.3 Å². The van der Waals surface area contributed by atoms with E-state index in [-0.39, 0.29) is 39.8 Å². The van der Waals surface area contributed by atoms with Crippen LogP contribution in [0.3, 0.4) is 0 Å². The number of halogens is 2. The Bertz CT molecular complexity index is 1910. The second-order valence-electron chi connectivity index (χ2n) is 11.2. The standard InChI is InChI=1S/C35H36Cl2N4O7S/c1-4-18-38-35(43)33(20-25-8-6-5-7-9-25)39(22-26-11-17-30(36)31(37)19-26)34(42)23-40(27-12-14-28(48-3)15-13-27)49(46,47)29-16-10-24(2)32(21-29)41(44)45/h5-17,19,21,33H,4,18,20,22-23H2,1-3H3,(H,38,43). The number of carbonyl (C=O) groups excluding carboxylic acids is 2. The predicted octanol–water partition coefficient (Wildman–Crippen LogP) is 6.58. The van der Waals surface area contributed by atoms with Gasteiger partial charge in [-0.25, -0.2) is 8.42 Å². The first-order chi connectivity index (χ1) is 23.3. The smallest absolute Gasteiger partial charge is 0.273 e. The third-order valence-electron chi connectivity index (χ3n) is 7.76. The molecule has 4 rings (SSSR count). The van der Waals surface area contributed by atoms with Crippen LogP contribution in [0.15, 0.2) is 95.9 Å². The summed E-state index contributed by atoms with van der Waals surface area (Å²) in [6.45, 7) is 2.90. The molecule has 2 amide bonds. The highest BCUT2D eigenvalue weighted by molar-refractivity contribution is 7.92. The molecule has 0 saturated heterocycles. The molecule has 1 N–H and O–H groups in total. The molecule has 258 valence electrons. The van der Waals surface area contributed by atoms with Crippen LogP contribution in [0.2, 0.25) is 10.0 Å². The van der Waals surface area contributed by atoms with Crippen LogP contribution in [0.1, 0.15) is 30.0 Å². The van der Waals surface area contributed by atoms with Crippen molar-refractivity contribution in [3.05, 3.63) is 128 Å². The number of rotatable bonds is 15. The Morgan fingerprint density at radius 1 is 0.939 bits per heavy atom. The average molecular weight is 728 g/mol. The lowest BCUT2D eigenvalue weighted by atomic mass is 10.0. The highest BCUT2D eigenvalue weighted by atomic mass is 35.5. The number of nitrogens with zero attached hydrogens (tertiary/aromatic N) is 3. The van der Waals surface area contributed by atoms with Gasteiger partial charge in [-0.15, -0.1) is 0 Å². The Morgan fingerprint density at radius 2 is 1.63 bits per heavy atom. The third kappa shape index (κ3) is 9.28. The van der Waals surface area contributed by atoms with Crippen LogP contribution in [0.25, 0.3) is 0 Å². The van der Waals surface area contributed by atoms with Crippen LogP contribution in [0, 0.1) is 17.0 Å². The summed E-state index contributed by atoms with van der Waals surface area (Å²) in [6.07, 6.45) is 0.777. The molecular weight excluding hydrogens is 691 g/mol. The number of hydrogen-bond donors (Lipinski definition) is 1. The molecule has 0 radical (unpaired) electrons. The second kappa shape index (κ2) is 16.6. The topological polar surface area (TPSA) is 139 Å². The lowest BCUT2D eigenvalue weighted by Crippen LogP contribution is -2.53. The molecule has 0 bridgehead atoms. The van der Waals surface area contributed by atoms with Gasteiger partial charge in [-0.1, -0.05) is 72.6 Å². The van der Waals surface area contributed by atoms with Crippen molar-refractivity contribution in [2.24, 2.45) is 0 Å².